The Bertz CT molecular complexity index is 890. The highest BCUT2D eigenvalue weighted by Crippen LogP contribution is 2.40. The molecule has 2 aromatic carbocycles. The molecule has 0 aromatic heterocycles. The fourth-order valence-electron chi connectivity index (χ4n) is 2.87. The lowest BCUT2D eigenvalue weighted by Crippen LogP contribution is -2.22. The molecule has 0 bridgehead atoms. The highest BCUT2D eigenvalue weighted by atomic mass is 32.2. The van der Waals surface area contributed by atoms with Gasteiger partial charge in [-0.05, 0) is 37.1 Å². The number of carbonyl (C=O) groups is 2. The Balaban J connectivity index is 1.87. The number of amidine groups is 1. The molecule has 0 saturated heterocycles. The van der Waals surface area contributed by atoms with Crippen molar-refractivity contribution in [2.45, 2.75) is 25.5 Å². The number of anilines is 1. The SMILES string of the molecule is Cc1ccc(N(C)C2=NC(=O)C(c3cc(C)ccc3CC(N)=O)S2)cc1. The Labute approximate surface area is 157 Å². The number of amides is 2. The number of carbonyl (C=O) groups excluding carboxylic acids is 2. The summed E-state index contributed by atoms with van der Waals surface area (Å²) in [7, 11) is 1.90. The average molecular weight is 367 g/mol. The fraction of sp³-hybridized carbons (Fsp3) is 0.250. The van der Waals surface area contributed by atoms with E-state index in [1.807, 2.05) is 68.3 Å². The number of nitrogens with two attached hydrogens (primary N) is 1. The maximum Gasteiger partial charge on any atom is 0.266 e. The Morgan fingerprint density at radius 3 is 2.46 bits per heavy atom. The minimum absolute atomic E-state index is 0.114. The summed E-state index contributed by atoms with van der Waals surface area (Å²) in [6.07, 6.45) is 0.114. The van der Waals surface area contributed by atoms with Crippen molar-refractivity contribution in [3.05, 3.63) is 64.7 Å². The predicted molar refractivity (Wildman–Crippen MR) is 106 cm³/mol. The standard InChI is InChI=1S/C20H21N3O2S/c1-12-5-8-15(9-6-12)23(3)20-22-19(25)18(26-20)16-10-13(2)4-7-14(16)11-17(21)24/h4-10,18H,11H2,1-3H3,(H2,21,24). The van der Waals surface area contributed by atoms with E-state index in [1.165, 1.54) is 17.3 Å². The minimum atomic E-state index is -0.452. The van der Waals surface area contributed by atoms with Gasteiger partial charge >= 0.3 is 0 Å². The molecule has 0 radical (unpaired) electrons. The molecule has 26 heavy (non-hydrogen) atoms. The van der Waals surface area contributed by atoms with Gasteiger partial charge in [-0.25, -0.2) is 0 Å². The van der Waals surface area contributed by atoms with Crippen LogP contribution in [0.15, 0.2) is 47.5 Å². The van der Waals surface area contributed by atoms with E-state index >= 15 is 0 Å². The van der Waals surface area contributed by atoms with Gasteiger partial charge < -0.3 is 10.6 Å². The van der Waals surface area contributed by atoms with Crippen molar-refractivity contribution in [2.24, 2.45) is 10.7 Å². The van der Waals surface area contributed by atoms with Crippen molar-refractivity contribution in [1.29, 1.82) is 0 Å². The van der Waals surface area contributed by atoms with Crippen molar-refractivity contribution in [1.82, 2.24) is 0 Å². The molecule has 2 amide bonds. The molecule has 2 aromatic rings. The normalized spacial score (nSPS) is 16.5. The number of primary amides is 1. The number of thioether (sulfide) groups is 1. The van der Waals surface area contributed by atoms with Crippen LogP contribution in [0.2, 0.25) is 0 Å². The highest BCUT2D eigenvalue weighted by molar-refractivity contribution is 8.15. The zero-order chi connectivity index (χ0) is 18.8. The molecular weight excluding hydrogens is 346 g/mol. The monoisotopic (exact) mass is 367 g/mol. The summed E-state index contributed by atoms with van der Waals surface area (Å²) in [6, 6.07) is 13.8. The van der Waals surface area contributed by atoms with E-state index < -0.39 is 11.2 Å². The van der Waals surface area contributed by atoms with Crippen LogP contribution in [-0.4, -0.2) is 24.0 Å². The quantitative estimate of drug-likeness (QED) is 0.901. The smallest absolute Gasteiger partial charge is 0.266 e. The van der Waals surface area contributed by atoms with E-state index in [9.17, 15) is 9.59 Å². The maximum absolute atomic E-state index is 12.6. The van der Waals surface area contributed by atoms with Crippen LogP contribution in [0.4, 0.5) is 5.69 Å². The summed E-state index contributed by atoms with van der Waals surface area (Å²) < 4.78 is 0. The van der Waals surface area contributed by atoms with Gasteiger partial charge in [0.1, 0.15) is 5.25 Å². The number of benzene rings is 2. The van der Waals surface area contributed by atoms with Crippen molar-refractivity contribution in [3.63, 3.8) is 0 Å². The first-order valence-corrected chi connectivity index (χ1v) is 9.20. The molecule has 1 unspecified atom stereocenters. The zero-order valence-electron chi connectivity index (χ0n) is 15.0. The first-order chi connectivity index (χ1) is 12.3. The molecular formula is C20H21N3O2S. The third kappa shape index (κ3) is 3.80. The predicted octanol–water partition coefficient (Wildman–Crippen LogP) is 3.14. The molecule has 5 nitrogen and oxygen atoms in total. The largest absolute Gasteiger partial charge is 0.369 e. The third-order valence-electron chi connectivity index (χ3n) is 4.31. The number of aliphatic imine (C=N–C) groups is 1. The first-order valence-electron chi connectivity index (χ1n) is 8.32. The molecule has 1 atom stereocenters. The Morgan fingerprint density at radius 2 is 1.81 bits per heavy atom. The van der Waals surface area contributed by atoms with E-state index in [2.05, 4.69) is 4.99 Å². The van der Waals surface area contributed by atoms with E-state index in [0.29, 0.717) is 5.17 Å². The van der Waals surface area contributed by atoms with E-state index in [4.69, 9.17) is 5.73 Å². The van der Waals surface area contributed by atoms with Crippen LogP contribution in [0.5, 0.6) is 0 Å². The second-order valence-electron chi connectivity index (χ2n) is 6.47. The van der Waals surface area contributed by atoms with Gasteiger partial charge in [-0.3, -0.25) is 9.59 Å². The molecule has 1 aliphatic heterocycles. The van der Waals surface area contributed by atoms with Crippen LogP contribution < -0.4 is 10.6 Å². The van der Waals surface area contributed by atoms with Crippen LogP contribution in [-0.2, 0) is 16.0 Å². The molecule has 2 N–H and O–H groups in total. The Morgan fingerprint density at radius 1 is 1.15 bits per heavy atom. The number of hydrogen-bond acceptors (Lipinski definition) is 4. The zero-order valence-corrected chi connectivity index (χ0v) is 15.8. The highest BCUT2D eigenvalue weighted by Gasteiger charge is 2.33. The maximum atomic E-state index is 12.6. The van der Waals surface area contributed by atoms with Gasteiger partial charge in [-0.2, -0.15) is 4.99 Å². The lowest BCUT2D eigenvalue weighted by molar-refractivity contribution is -0.118. The van der Waals surface area contributed by atoms with E-state index in [-0.39, 0.29) is 12.3 Å². The lowest BCUT2D eigenvalue weighted by Gasteiger charge is -2.19. The molecule has 6 heteroatoms. The topological polar surface area (TPSA) is 75.8 Å². The number of nitrogens with zero attached hydrogens (tertiary/aromatic N) is 2. The molecule has 0 fully saturated rings. The van der Waals surface area contributed by atoms with Crippen LogP contribution in [0.3, 0.4) is 0 Å². The molecule has 1 aliphatic rings. The van der Waals surface area contributed by atoms with Crippen LogP contribution in [0.1, 0.15) is 27.5 Å². The van der Waals surface area contributed by atoms with E-state index in [1.54, 1.807) is 0 Å². The lowest BCUT2D eigenvalue weighted by atomic mass is 9.98. The number of aryl methyl sites for hydroxylation is 2. The summed E-state index contributed by atoms with van der Waals surface area (Å²) in [5.41, 5.74) is 10.1. The summed E-state index contributed by atoms with van der Waals surface area (Å²) in [5.74, 6) is -0.622. The summed E-state index contributed by atoms with van der Waals surface area (Å²) in [5, 5.41) is 0.197. The van der Waals surface area contributed by atoms with Gasteiger partial charge in [-0.15, -0.1) is 0 Å². The molecule has 0 spiro atoms. The van der Waals surface area contributed by atoms with Crippen LogP contribution >= 0.6 is 11.8 Å². The van der Waals surface area contributed by atoms with Crippen molar-refractivity contribution < 1.29 is 9.59 Å². The molecule has 0 saturated carbocycles. The van der Waals surface area contributed by atoms with Crippen molar-refractivity contribution >= 4 is 34.4 Å². The molecule has 1 heterocycles. The van der Waals surface area contributed by atoms with Crippen molar-refractivity contribution in [2.75, 3.05) is 11.9 Å². The number of hydrogen-bond donors (Lipinski definition) is 1. The molecule has 0 aliphatic carbocycles. The molecule has 3 rings (SSSR count). The van der Waals surface area contributed by atoms with Gasteiger partial charge in [-0.1, -0.05) is 53.2 Å². The Kier molecular flexibility index (Phi) is 5.13. The van der Waals surface area contributed by atoms with Gasteiger partial charge in [0.2, 0.25) is 5.91 Å². The van der Waals surface area contributed by atoms with Crippen LogP contribution in [0.25, 0.3) is 0 Å². The van der Waals surface area contributed by atoms with Gasteiger partial charge in [0, 0.05) is 12.7 Å². The fourth-order valence-corrected chi connectivity index (χ4v) is 3.99. The summed E-state index contributed by atoms with van der Waals surface area (Å²) >= 11 is 1.40. The second-order valence-corrected chi connectivity index (χ2v) is 7.54. The van der Waals surface area contributed by atoms with Gasteiger partial charge in [0.05, 0.1) is 6.42 Å². The summed E-state index contributed by atoms with van der Waals surface area (Å²) in [4.78, 5) is 30.1. The minimum Gasteiger partial charge on any atom is -0.369 e. The average Bonchev–Trinajstić information content (AvgIpc) is 2.98. The second kappa shape index (κ2) is 7.33. The van der Waals surface area contributed by atoms with Crippen LogP contribution in [0, 0.1) is 13.8 Å². The third-order valence-corrected chi connectivity index (χ3v) is 5.58. The number of rotatable bonds is 4. The van der Waals surface area contributed by atoms with Gasteiger partial charge in [0.15, 0.2) is 5.17 Å². The summed E-state index contributed by atoms with van der Waals surface area (Å²) in [6.45, 7) is 3.99. The van der Waals surface area contributed by atoms with E-state index in [0.717, 1.165) is 22.4 Å². The van der Waals surface area contributed by atoms with Gasteiger partial charge in [0.25, 0.3) is 5.91 Å². The van der Waals surface area contributed by atoms with Crippen molar-refractivity contribution in [3.8, 4) is 0 Å². The molecule has 134 valence electrons. The first kappa shape index (κ1) is 18.2. The Hall–Kier alpha value is -2.60.